The van der Waals surface area contributed by atoms with Crippen molar-refractivity contribution in [1.82, 2.24) is 0 Å². The summed E-state index contributed by atoms with van der Waals surface area (Å²) in [7, 11) is 0. The van der Waals surface area contributed by atoms with Gasteiger partial charge in [0.05, 0.1) is 31.0 Å². The van der Waals surface area contributed by atoms with Gasteiger partial charge >= 0.3 is 0 Å². The number of hydrogen-bond acceptors (Lipinski definition) is 5. The van der Waals surface area contributed by atoms with Crippen LogP contribution in [-0.4, -0.2) is 56.6 Å². The predicted octanol–water partition coefficient (Wildman–Crippen LogP) is 4.05. The second-order valence-electron chi connectivity index (χ2n) is 14.6. The van der Waals surface area contributed by atoms with Crippen LogP contribution in [0.4, 0.5) is 0 Å². The maximum absolute atomic E-state index is 12.0. The Kier molecular flexibility index (Phi) is 6.00. The molecule has 0 aromatic rings. The van der Waals surface area contributed by atoms with E-state index in [2.05, 4.69) is 40.7 Å². The van der Waals surface area contributed by atoms with Crippen molar-refractivity contribution in [2.24, 2.45) is 50.7 Å². The summed E-state index contributed by atoms with van der Waals surface area (Å²) < 4.78 is 0. The Labute approximate surface area is 212 Å². The normalized spacial score (nSPS) is 55.4. The van der Waals surface area contributed by atoms with E-state index in [1.807, 2.05) is 6.92 Å². The molecule has 2 spiro atoms. The van der Waals surface area contributed by atoms with Crippen LogP contribution in [0, 0.1) is 50.7 Å². The molecule has 5 heteroatoms. The van der Waals surface area contributed by atoms with E-state index in [1.54, 1.807) is 0 Å². The Morgan fingerprint density at radius 1 is 0.943 bits per heavy atom. The third-order valence-corrected chi connectivity index (χ3v) is 13.2. The molecule has 5 saturated carbocycles. The lowest BCUT2D eigenvalue weighted by molar-refractivity contribution is -0.223. The zero-order valence-corrected chi connectivity index (χ0v) is 22.8. The molecule has 0 heterocycles. The number of hydrogen-bond donors (Lipinski definition) is 5. The van der Waals surface area contributed by atoms with Crippen LogP contribution in [0.2, 0.25) is 0 Å². The molecule has 0 radical (unpaired) electrons. The Morgan fingerprint density at radius 3 is 2.26 bits per heavy atom. The molecule has 200 valence electrons. The molecule has 5 rings (SSSR count). The van der Waals surface area contributed by atoms with Gasteiger partial charge in [-0.2, -0.15) is 0 Å². The molecule has 0 aromatic carbocycles. The molecule has 35 heavy (non-hydrogen) atoms. The summed E-state index contributed by atoms with van der Waals surface area (Å²) in [6.45, 7) is 13.2. The van der Waals surface area contributed by atoms with Crippen LogP contribution in [0.5, 0.6) is 0 Å². The molecule has 12 atom stereocenters. The summed E-state index contributed by atoms with van der Waals surface area (Å²) in [4.78, 5) is 0. The molecule has 5 N–H and O–H groups in total. The van der Waals surface area contributed by atoms with E-state index in [4.69, 9.17) is 0 Å². The summed E-state index contributed by atoms with van der Waals surface area (Å²) in [6.07, 6.45) is 6.85. The molecule has 5 fully saturated rings. The molecule has 5 aliphatic carbocycles. The van der Waals surface area contributed by atoms with Crippen LogP contribution in [0.15, 0.2) is 11.6 Å². The van der Waals surface area contributed by atoms with Crippen LogP contribution in [0.3, 0.4) is 0 Å². The topological polar surface area (TPSA) is 101 Å². The van der Waals surface area contributed by atoms with Crippen LogP contribution in [0.1, 0.15) is 92.9 Å². The van der Waals surface area contributed by atoms with Gasteiger partial charge in [-0.25, -0.2) is 0 Å². The lowest BCUT2D eigenvalue weighted by Crippen LogP contribution is -2.64. The minimum atomic E-state index is -0.513. The van der Waals surface area contributed by atoms with Crippen molar-refractivity contribution >= 4 is 0 Å². The van der Waals surface area contributed by atoms with Crippen molar-refractivity contribution in [3.63, 3.8) is 0 Å². The van der Waals surface area contributed by atoms with Gasteiger partial charge < -0.3 is 25.5 Å². The second-order valence-corrected chi connectivity index (χ2v) is 14.6. The highest BCUT2D eigenvalue weighted by Crippen LogP contribution is 2.88. The Morgan fingerprint density at radius 2 is 1.60 bits per heavy atom. The van der Waals surface area contributed by atoms with Gasteiger partial charge in [-0.3, -0.25) is 0 Å². The van der Waals surface area contributed by atoms with Gasteiger partial charge in [-0.15, -0.1) is 0 Å². The second kappa shape index (κ2) is 8.02. The molecule has 0 saturated heterocycles. The Hall–Kier alpha value is -0.460. The number of rotatable bonds is 5. The van der Waals surface area contributed by atoms with Crippen molar-refractivity contribution in [2.45, 2.75) is 117 Å². The smallest absolute Gasteiger partial charge is 0.0639 e. The quantitative estimate of drug-likeness (QED) is 0.374. The van der Waals surface area contributed by atoms with Gasteiger partial charge in [0.25, 0.3) is 0 Å². The first-order valence-electron chi connectivity index (χ1n) is 14.2. The highest BCUT2D eigenvalue weighted by atomic mass is 16.3. The molecule has 5 nitrogen and oxygen atoms in total. The molecule has 0 aliphatic heterocycles. The molecule has 0 amide bonds. The Balaban J connectivity index is 1.48. The van der Waals surface area contributed by atoms with Gasteiger partial charge in [0.1, 0.15) is 0 Å². The number of fused-ring (bicyclic) bond motifs is 2. The first-order chi connectivity index (χ1) is 16.2. The monoisotopic (exact) mass is 490 g/mol. The number of aliphatic hydroxyl groups excluding tert-OH is 5. The van der Waals surface area contributed by atoms with Gasteiger partial charge in [0.15, 0.2) is 0 Å². The molecular weight excluding hydrogens is 440 g/mol. The third-order valence-electron chi connectivity index (χ3n) is 13.2. The summed E-state index contributed by atoms with van der Waals surface area (Å²) >= 11 is 0. The Bertz CT molecular complexity index is 884. The summed E-state index contributed by atoms with van der Waals surface area (Å²) in [5, 5.41) is 55.2. The molecule has 0 aromatic heterocycles. The van der Waals surface area contributed by atoms with E-state index < -0.39 is 24.4 Å². The summed E-state index contributed by atoms with van der Waals surface area (Å²) in [5.41, 5.74) is -0.0939. The van der Waals surface area contributed by atoms with E-state index >= 15 is 0 Å². The van der Waals surface area contributed by atoms with Crippen molar-refractivity contribution in [3.05, 3.63) is 11.6 Å². The fourth-order valence-corrected chi connectivity index (χ4v) is 11.3. The zero-order valence-electron chi connectivity index (χ0n) is 22.8. The SMILES string of the molecule is C/C(=C\CC[C@@H](C)[C@H]1[C@@H](O)C[C@@]2(C)[C@@H]3CC[C@H]4C(C)(C)[C@@H](O)C[C@H](O)[C@@]45C[C@@]35C[C@@H](O)[C@]12C)CO. The number of aliphatic hydroxyl groups is 5. The standard InChI is InChI=1S/C30H50O5/c1-17(15-31)8-7-9-18(2)25-19(32)13-27(5)21-11-10-20-26(3,4)22(33)12-23(34)30(20)16-29(21,30)14-24(35)28(25,27)6/h8,18-25,31-35H,7,9-16H2,1-6H3/b17-8+/t18-,19+,20+,21+,22+,23+,24-,25+,27+,28-,29+,30-/m1/s1. The maximum Gasteiger partial charge on any atom is 0.0639 e. The first-order valence-corrected chi connectivity index (χ1v) is 14.2. The minimum absolute atomic E-state index is 0.0321. The third kappa shape index (κ3) is 3.05. The number of allylic oxidation sites excluding steroid dienone is 1. The van der Waals surface area contributed by atoms with Crippen LogP contribution in [-0.2, 0) is 0 Å². The van der Waals surface area contributed by atoms with E-state index in [1.165, 1.54) is 0 Å². The van der Waals surface area contributed by atoms with Crippen molar-refractivity contribution in [3.8, 4) is 0 Å². The van der Waals surface area contributed by atoms with Gasteiger partial charge in [0, 0.05) is 17.3 Å². The van der Waals surface area contributed by atoms with Crippen molar-refractivity contribution < 1.29 is 25.5 Å². The largest absolute Gasteiger partial charge is 0.393 e. The minimum Gasteiger partial charge on any atom is -0.393 e. The lowest BCUT2D eigenvalue weighted by Gasteiger charge is -2.65. The van der Waals surface area contributed by atoms with Crippen molar-refractivity contribution in [1.29, 1.82) is 0 Å². The van der Waals surface area contributed by atoms with Gasteiger partial charge in [0.2, 0.25) is 0 Å². The average Bonchev–Trinajstić information content (AvgIpc) is 3.39. The highest BCUT2D eigenvalue weighted by Gasteiger charge is 2.86. The van der Waals surface area contributed by atoms with E-state index in [0.717, 1.165) is 44.1 Å². The van der Waals surface area contributed by atoms with Crippen LogP contribution in [0.25, 0.3) is 0 Å². The molecular formula is C30H50O5. The first kappa shape index (κ1) is 26.2. The van der Waals surface area contributed by atoms with E-state index in [9.17, 15) is 25.5 Å². The molecule has 0 unspecified atom stereocenters. The van der Waals surface area contributed by atoms with Crippen LogP contribution < -0.4 is 0 Å². The average molecular weight is 491 g/mol. The predicted molar refractivity (Wildman–Crippen MR) is 136 cm³/mol. The van der Waals surface area contributed by atoms with E-state index in [-0.39, 0.29) is 51.4 Å². The van der Waals surface area contributed by atoms with Crippen molar-refractivity contribution in [2.75, 3.05) is 6.61 Å². The maximum atomic E-state index is 12.0. The van der Waals surface area contributed by atoms with Gasteiger partial charge in [-0.05, 0) is 91.8 Å². The zero-order chi connectivity index (χ0) is 25.8. The van der Waals surface area contributed by atoms with E-state index in [0.29, 0.717) is 18.8 Å². The van der Waals surface area contributed by atoms with Crippen LogP contribution >= 0.6 is 0 Å². The summed E-state index contributed by atoms with van der Waals surface area (Å²) in [5.74, 6) is 0.947. The lowest BCUT2D eigenvalue weighted by atomic mass is 9.40. The molecule has 5 aliphatic rings. The fourth-order valence-electron chi connectivity index (χ4n) is 11.3. The van der Waals surface area contributed by atoms with Gasteiger partial charge in [-0.1, -0.05) is 46.3 Å². The molecule has 0 bridgehead atoms. The summed E-state index contributed by atoms with van der Waals surface area (Å²) in [6, 6.07) is 0. The highest BCUT2D eigenvalue weighted by molar-refractivity contribution is 5.34. The fraction of sp³-hybridized carbons (Fsp3) is 0.933.